The number of aromatic nitrogens is 2. The zero-order valence-electron chi connectivity index (χ0n) is 11.3. The van der Waals surface area contributed by atoms with Crippen LogP contribution in [0.3, 0.4) is 0 Å². The number of hydrogen-bond acceptors (Lipinski definition) is 3. The number of halogens is 1. The third-order valence-electron chi connectivity index (χ3n) is 2.90. The van der Waals surface area contributed by atoms with Crippen LogP contribution in [0.5, 0.6) is 5.75 Å². The minimum atomic E-state index is -1.06. The molecule has 0 fully saturated rings. The van der Waals surface area contributed by atoms with E-state index in [2.05, 4.69) is 5.10 Å². The van der Waals surface area contributed by atoms with Crippen molar-refractivity contribution in [1.29, 1.82) is 0 Å². The van der Waals surface area contributed by atoms with Gasteiger partial charge in [0.2, 0.25) is 0 Å². The Morgan fingerprint density at radius 1 is 1.50 bits per heavy atom. The molecule has 6 heteroatoms. The highest BCUT2D eigenvalue weighted by molar-refractivity contribution is 6.33. The van der Waals surface area contributed by atoms with Crippen LogP contribution >= 0.6 is 11.6 Å². The Morgan fingerprint density at radius 3 is 2.85 bits per heavy atom. The van der Waals surface area contributed by atoms with Crippen LogP contribution in [0.25, 0.3) is 5.69 Å². The molecule has 0 aliphatic carbocycles. The smallest absolute Gasteiger partial charge is 0.340 e. The highest BCUT2D eigenvalue weighted by Crippen LogP contribution is 2.26. The molecule has 1 heterocycles. The topological polar surface area (TPSA) is 64.4 Å². The first-order valence-corrected chi connectivity index (χ1v) is 6.61. The van der Waals surface area contributed by atoms with Crippen LogP contribution in [0.15, 0.2) is 24.3 Å². The normalized spacial score (nSPS) is 10.6. The van der Waals surface area contributed by atoms with Gasteiger partial charge in [-0.25, -0.2) is 9.48 Å². The van der Waals surface area contributed by atoms with E-state index in [0.717, 1.165) is 6.42 Å². The zero-order valence-corrected chi connectivity index (χ0v) is 12.0. The molecule has 0 aliphatic heterocycles. The standard InChI is InChI=1S/C14H15ClN2O3/c1-3-5-11-12(14(18)19)13(15)17(16-11)9-6-4-7-10(8-9)20-2/h4,6-8H,3,5H2,1-2H3,(H,18,19). The Hall–Kier alpha value is -2.01. The Kier molecular flexibility index (Phi) is 4.29. The molecule has 0 atom stereocenters. The lowest BCUT2D eigenvalue weighted by Gasteiger charge is -2.05. The minimum Gasteiger partial charge on any atom is -0.497 e. The van der Waals surface area contributed by atoms with Gasteiger partial charge in [0, 0.05) is 6.07 Å². The number of carbonyl (C=O) groups is 1. The monoisotopic (exact) mass is 294 g/mol. The molecule has 0 aliphatic rings. The van der Waals surface area contributed by atoms with Crippen LogP contribution in [-0.4, -0.2) is 28.0 Å². The largest absolute Gasteiger partial charge is 0.497 e. The summed E-state index contributed by atoms with van der Waals surface area (Å²) in [5, 5.41) is 13.7. The summed E-state index contributed by atoms with van der Waals surface area (Å²) in [4.78, 5) is 11.3. The number of carboxylic acids is 1. The first-order chi connectivity index (χ1) is 9.58. The van der Waals surface area contributed by atoms with E-state index in [1.807, 2.05) is 6.92 Å². The summed E-state index contributed by atoms with van der Waals surface area (Å²) in [6.07, 6.45) is 1.37. The van der Waals surface area contributed by atoms with Crippen molar-refractivity contribution in [3.8, 4) is 11.4 Å². The van der Waals surface area contributed by atoms with Crippen molar-refractivity contribution in [2.45, 2.75) is 19.8 Å². The fraction of sp³-hybridized carbons (Fsp3) is 0.286. The molecule has 0 radical (unpaired) electrons. The van der Waals surface area contributed by atoms with E-state index >= 15 is 0 Å². The molecule has 0 unspecified atom stereocenters. The van der Waals surface area contributed by atoms with Crippen molar-refractivity contribution in [2.24, 2.45) is 0 Å². The number of aryl methyl sites for hydroxylation is 1. The molecule has 0 saturated carbocycles. The predicted molar refractivity (Wildman–Crippen MR) is 76.1 cm³/mol. The number of benzene rings is 1. The molecule has 1 aromatic carbocycles. The summed E-state index contributed by atoms with van der Waals surface area (Å²) in [5.74, 6) is -0.407. The second-order valence-electron chi connectivity index (χ2n) is 4.28. The van der Waals surface area contributed by atoms with Gasteiger partial charge >= 0.3 is 5.97 Å². The molecule has 0 saturated heterocycles. The third kappa shape index (κ3) is 2.63. The van der Waals surface area contributed by atoms with E-state index in [0.29, 0.717) is 23.6 Å². The molecule has 0 bridgehead atoms. The number of ether oxygens (including phenoxy) is 1. The van der Waals surface area contributed by atoms with E-state index in [-0.39, 0.29) is 10.7 Å². The highest BCUT2D eigenvalue weighted by atomic mass is 35.5. The molecular weight excluding hydrogens is 280 g/mol. The highest BCUT2D eigenvalue weighted by Gasteiger charge is 2.22. The van der Waals surface area contributed by atoms with Crippen molar-refractivity contribution < 1.29 is 14.6 Å². The quantitative estimate of drug-likeness (QED) is 0.920. The van der Waals surface area contributed by atoms with Gasteiger partial charge in [-0.1, -0.05) is 31.0 Å². The van der Waals surface area contributed by atoms with Gasteiger partial charge in [0.1, 0.15) is 16.5 Å². The molecule has 5 nitrogen and oxygen atoms in total. The summed E-state index contributed by atoms with van der Waals surface area (Å²) in [6, 6.07) is 7.14. The number of aromatic carboxylic acids is 1. The molecular formula is C14H15ClN2O3. The molecule has 2 aromatic rings. The van der Waals surface area contributed by atoms with Gasteiger partial charge in [-0.05, 0) is 18.6 Å². The lowest BCUT2D eigenvalue weighted by molar-refractivity contribution is 0.0696. The van der Waals surface area contributed by atoms with Crippen LogP contribution in [0.1, 0.15) is 29.4 Å². The van der Waals surface area contributed by atoms with Gasteiger partial charge in [0.25, 0.3) is 0 Å². The molecule has 20 heavy (non-hydrogen) atoms. The summed E-state index contributed by atoms with van der Waals surface area (Å²) in [5.41, 5.74) is 1.23. The Morgan fingerprint density at radius 2 is 2.25 bits per heavy atom. The summed E-state index contributed by atoms with van der Waals surface area (Å²) < 4.78 is 6.58. The molecule has 2 rings (SSSR count). The average Bonchev–Trinajstić information content (AvgIpc) is 2.76. The van der Waals surface area contributed by atoms with E-state index in [4.69, 9.17) is 16.3 Å². The van der Waals surface area contributed by atoms with Crippen LogP contribution < -0.4 is 4.74 Å². The average molecular weight is 295 g/mol. The van der Waals surface area contributed by atoms with Crippen molar-refractivity contribution in [3.05, 3.63) is 40.7 Å². The summed E-state index contributed by atoms with van der Waals surface area (Å²) in [7, 11) is 1.56. The first-order valence-electron chi connectivity index (χ1n) is 6.23. The molecule has 0 spiro atoms. The van der Waals surface area contributed by atoms with Crippen LogP contribution in [0.4, 0.5) is 0 Å². The van der Waals surface area contributed by atoms with Gasteiger partial charge in [-0.15, -0.1) is 0 Å². The van der Waals surface area contributed by atoms with Gasteiger partial charge < -0.3 is 9.84 Å². The summed E-state index contributed by atoms with van der Waals surface area (Å²) >= 11 is 6.17. The van der Waals surface area contributed by atoms with Crippen molar-refractivity contribution in [1.82, 2.24) is 9.78 Å². The Bertz CT molecular complexity index is 637. The number of methoxy groups -OCH3 is 1. The maximum Gasteiger partial charge on any atom is 0.340 e. The lowest BCUT2D eigenvalue weighted by atomic mass is 10.2. The Balaban J connectivity index is 2.56. The molecule has 1 aromatic heterocycles. The SMILES string of the molecule is CCCc1nn(-c2cccc(OC)c2)c(Cl)c1C(=O)O. The van der Waals surface area contributed by atoms with Gasteiger partial charge in [0.05, 0.1) is 18.5 Å². The van der Waals surface area contributed by atoms with Crippen LogP contribution in [-0.2, 0) is 6.42 Å². The van der Waals surface area contributed by atoms with Crippen molar-refractivity contribution in [3.63, 3.8) is 0 Å². The maximum atomic E-state index is 11.3. The molecule has 106 valence electrons. The number of hydrogen-bond donors (Lipinski definition) is 1. The van der Waals surface area contributed by atoms with E-state index in [1.54, 1.807) is 31.4 Å². The number of nitrogens with zero attached hydrogens (tertiary/aromatic N) is 2. The van der Waals surface area contributed by atoms with Gasteiger partial charge in [-0.3, -0.25) is 0 Å². The minimum absolute atomic E-state index is 0.0661. The van der Waals surface area contributed by atoms with Crippen LogP contribution in [0, 0.1) is 0 Å². The van der Waals surface area contributed by atoms with E-state index < -0.39 is 5.97 Å². The number of rotatable bonds is 5. The third-order valence-corrected chi connectivity index (χ3v) is 3.25. The van der Waals surface area contributed by atoms with E-state index in [9.17, 15) is 9.90 Å². The van der Waals surface area contributed by atoms with Crippen molar-refractivity contribution >= 4 is 17.6 Å². The fourth-order valence-corrected chi connectivity index (χ4v) is 2.30. The zero-order chi connectivity index (χ0) is 14.7. The van der Waals surface area contributed by atoms with Crippen molar-refractivity contribution in [2.75, 3.05) is 7.11 Å². The summed E-state index contributed by atoms with van der Waals surface area (Å²) in [6.45, 7) is 1.96. The first kappa shape index (κ1) is 14.4. The van der Waals surface area contributed by atoms with Gasteiger partial charge in [0.15, 0.2) is 0 Å². The van der Waals surface area contributed by atoms with Crippen LogP contribution in [0.2, 0.25) is 5.15 Å². The predicted octanol–water partition coefficient (Wildman–Crippen LogP) is 3.19. The lowest BCUT2D eigenvalue weighted by Crippen LogP contribution is -2.00. The Labute approximate surface area is 121 Å². The fourth-order valence-electron chi connectivity index (χ4n) is 1.98. The second-order valence-corrected chi connectivity index (χ2v) is 4.64. The van der Waals surface area contributed by atoms with Gasteiger partial charge in [-0.2, -0.15) is 5.10 Å². The second kappa shape index (κ2) is 5.96. The maximum absolute atomic E-state index is 11.3. The number of carboxylic acid groups (broad SMARTS) is 1. The molecule has 0 amide bonds. The molecule has 1 N–H and O–H groups in total. The van der Waals surface area contributed by atoms with E-state index in [1.165, 1.54) is 4.68 Å².